The van der Waals surface area contributed by atoms with E-state index in [4.69, 9.17) is 4.74 Å². The van der Waals surface area contributed by atoms with Gasteiger partial charge in [0.05, 0.1) is 21.2 Å². The van der Waals surface area contributed by atoms with Crippen LogP contribution < -0.4 is 0 Å². The number of allylic oxidation sites excluding steroid dienone is 1. The van der Waals surface area contributed by atoms with Crippen LogP contribution in [0.5, 0.6) is 0 Å². The van der Waals surface area contributed by atoms with Gasteiger partial charge in [0.25, 0.3) is 0 Å². The highest BCUT2D eigenvalue weighted by Gasteiger charge is 2.20. The summed E-state index contributed by atoms with van der Waals surface area (Å²) >= 11 is 0. The maximum absolute atomic E-state index is 5.41. The van der Waals surface area contributed by atoms with Crippen LogP contribution in [0.3, 0.4) is 0 Å². The van der Waals surface area contributed by atoms with E-state index >= 15 is 0 Å². The second-order valence-corrected chi connectivity index (χ2v) is 8.73. The first-order chi connectivity index (χ1) is 5.99. The minimum Gasteiger partial charge on any atom is -0.499 e. The predicted molar refractivity (Wildman–Crippen MR) is 62.9 cm³/mol. The zero-order valence-electron chi connectivity index (χ0n) is 9.76. The Kier molecular flexibility index (Phi) is 6.13. The lowest BCUT2D eigenvalue weighted by Gasteiger charge is -2.23. The molecule has 0 bridgehead atoms. The molecule has 0 heterocycles. The fraction of sp³-hybridized carbons (Fsp3) is 0.818. The van der Waals surface area contributed by atoms with E-state index in [0.29, 0.717) is 0 Å². The van der Waals surface area contributed by atoms with Gasteiger partial charge in [0.1, 0.15) is 0 Å². The van der Waals surface area contributed by atoms with E-state index in [2.05, 4.69) is 34.3 Å². The summed E-state index contributed by atoms with van der Waals surface area (Å²) in [4.78, 5) is 0. The molecular weight excluding hydrogens is 176 g/mol. The van der Waals surface area contributed by atoms with E-state index in [1.54, 1.807) is 0 Å². The molecule has 0 atom stereocenters. The average Bonchev–Trinajstić information content (AvgIpc) is 1.99. The third-order valence-electron chi connectivity index (χ3n) is 2.52. The molecule has 0 aliphatic rings. The van der Waals surface area contributed by atoms with Gasteiger partial charge in [-0.25, -0.2) is 0 Å². The van der Waals surface area contributed by atoms with Gasteiger partial charge >= 0.3 is 0 Å². The number of ether oxygens (including phenoxy) is 1. The van der Waals surface area contributed by atoms with Crippen molar-refractivity contribution in [3.05, 3.63) is 12.3 Å². The van der Waals surface area contributed by atoms with Gasteiger partial charge in [-0.1, -0.05) is 45.4 Å². The highest BCUT2D eigenvalue weighted by molar-refractivity contribution is 6.62. The minimum absolute atomic E-state index is 0.694. The molecule has 0 aliphatic carbocycles. The van der Waals surface area contributed by atoms with Crippen molar-refractivity contribution in [1.82, 2.24) is 0 Å². The second-order valence-electron chi connectivity index (χ2n) is 4.33. The Bertz CT molecular complexity index is 144. The summed E-state index contributed by atoms with van der Waals surface area (Å²) in [5.74, 6) is 1.00. The fourth-order valence-corrected chi connectivity index (χ4v) is 4.89. The molecule has 1 nitrogen and oxygen atoms in total. The monoisotopic (exact) mass is 200 g/mol. The first kappa shape index (κ1) is 12.8. The van der Waals surface area contributed by atoms with Crippen LogP contribution in [0.25, 0.3) is 0 Å². The standard InChI is InChI=1S/C11H24OSi/c1-7-12-11(6)8-13(9(2)3)10(4)5/h9-10,13H,6-8H2,1-5H3. The van der Waals surface area contributed by atoms with E-state index in [1.165, 1.54) is 0 Å². The Morgan fingerprint density at radius 3 is 2.00 bits per heavy atom. The molecule has 0 radical (unpaired) electrons. The maximum atomic E-state index is 5.41. The molecule has 0 aliphatic heterocycles. The molecule has 0 amide bonds. The first-order valence-electron chi connectivity index (χ1n) is 5.29. The molecule has 0 unspecified atom stereocenters. The van der Waals surface area contributed by atoms with Crippen LogP contribution in [0.1, 0.15) is 34.6 Å². The summed E-state index contributed by atoms with van der Waals surface area (Å²) < 4.78 is 5.41. The van der Waals surface area contributed by atoms with Crippen molar-refractivity contribution in [2.24, 2.45) is 0 Å². The summed E-state index contributed by atoms with van der Waals surface area (Å²) in [6.45, 7) is 16.1. The lowest BCUT2D eigenvalue weighted by Crippen LogP contribution is -2.21. The first-order valence-corrected chi connectivity index (χ1v) is 7.44. The minimum atomic E-state index is -0.694. The predicted octanol–water partition coefficient (Wildman–Crippen LogP) is 3.58. The zero-order chi connectivity index (χ0) is 10.4. The van der Waals surface area contributed by atoms with Crippen molar-refractivity contribution in [2.45, 2.75) is 51.7 Å². The van der Waals surface area contributed by atoms with Crippen LogP contribution in [-0.2, 0) is 4.74 Å². The molecule has 0 aromatic heterocycles. The fourth-order valence-electron chi connectivity index (χ4n) is 1.77. The summed E-state index contributed by atoms with van der Waals surface area (Å²) in [5.41, 5.74) is 1.69. The summed E-state index contributed by atoms with van der Waals surface area (Å²) in [6, 6.07) is 1.14. The van der Waals surface area contributed by atoms with Crippen molar-refractivity contribution in [1.29, 1.82) is 0 Å². The molecule has 2 heteroatoms. The molecule has 0 fully saturated rings. The third-order valence-corrected chi connectivity index (χ3v) is 6.88. The van der Waals surface area contributed by atoms with Crippen LogP contribution in [0.4, 0.5) is 0 Å². The van der Waals surface area contributed by atoms with Gasteiger partial charge in [0, 0.05) is 0 Å². The zero-order valence-corrected chi connectivity index (χ0v) is 10.9. The van der Waals surface area contributed by atoms with Gasteiger partial charge in [-0.05, 0) is 13.0 Å². The Labute approximate surface area is 84.8 Å². The van der Waals surface area contributed by atoms with Gasteiger partial charge in [-0.15, -0.1) is 0 Å². The van der Waals surface area contributed by atoms with Crippen molar-refractivity contribution >= 4 is 8.80 Å². The van der Waals surface area contributed by atoms with Crippen molar-refractivity contribution in [3.63, 3.8) is 0 Å². The Morgan fingerprint density at radius 2 is 1.69 bits per heavy atom. The van der Waals surface area contributed by atoms with Crippen LogP contribution >= 0.6 is 0 Å². The molecule has 0 saturated heterocycles. The van der Waals surface area contributed by atoms with Crippen LogP contribution in [0, 0.1) is 0 Å². The SMILES string of the molecule is C=C(C[SiH](C(C)C)C(C)C)OCC. The van der Waals surface area contributed by atoms with Gasteiger partial charge in [-0.2, -0.15) is 0 Å². The van der Waals surface area contributed by atoms with Gasteiger partial charge in [0.2, 0.25) is 0 Å². The smallest absolute Gasteiger partial charge is 0.0859 e. The van der Waals surface area contributed by atoms with Crippen LogP contribution in [-0.4, -0.2) is 15.4 Å². The van der Waals surface area contributed by atoms with Crippen LogP contribution in [0.15, 0.2) is 12.3 Å². The number of hydrogen-bond donors (Lipinski definition) is 0. The molecule has 0 aromatic carbocycles. The molecule has 0 N–H and O–H groups in total. The van der Waals surface area contributed by atoms with Crippen molar-refractivity contribution in [2.75, 3.05) is 6.61 Å². The van der Waals surface area contributed by atoms with Crippen molar-refractivity contribution < 1.29 is 4.74 Å². The van der Waals surface area contributed by atoms with Gasteiger partial charge in [0.15, 0.2) is 0 Å². The summed E-state index contributed by atoms with van der Waals surface area (Å²) in [5, 5.41) is 0. The van der Waals surface area contributed by atoms with Crippen LogP contribution in [0.2, 0.25) is 17.1 Å². The highest BCUT2D eigenvalue weighted by Crippen LogP contribution is 2.26. The molecule has 0 saturated carbocycles. The lowest BCUT2D eigenvalue weighted by molar-refractivity contribution is 0.232. The Balaban J connectivity index is 4.02. The summed E-state index contributed by atoms with van der Waals surface area (Å²) in [6.07, 6.45) is 0. The van der Waals surface area contributed by atoms with E-state index in [1.807, 2.05) is 6.92 Å². The number of rotatable bonds is 6. The second kappa shape index (κ2) is 6.25. The van der Waals surface area contributed by atoms with Crippen molar-refractivity contribution in [3.8, 4) is 0 Å². The largest absolute Gasteiger partial charge is 0.499 e. The van der Waals surface area contributed by atoms with E-state index in [0.717, 1.165) is 29.5 Å². The molecule has 0 aromatic rings. The quantitative estimate of drug-likeness (QED) is 0.470. The molecule has 0 rings (SSSR count). The normalized spacial score (nSPS) is 11.4. The lowest BCUT2D eigenvalue weighted by atomic mass is 10.5. The Morgan fingerprint density at radius 1 is 1.23 bits per heavy atom. The maximum Gasteiger partial charge on any atom is 0.0859 e. The molecule has 13 heavy (non-hydrogen) atoms. The van der Waals surface area contributed by atoms with Gasteiger partial charge in [-0.3, -0.25) is 0 Å². The van der Waals surface area contributed by atoms with Gasteiger partial charge < -0.3 is 4.74 Å². The average molecular weight is 200 g/mol. The third kappa shape index (κ3) is 5.14. The van der Waals surface area contributed by atoms with E-state index < -0.39 is 8.80 Å². The molecule has 0 spiro atoms. The highest BCUT2D eigenvalue weighted by atomic mass is 28.3. The van der Waals surface area contributed by atoms with E-state index in [9.17, 15) is 0 Å². The topological polar surface area (TPSA) is 9.23 Å². The summed E-state index contributed by atoms with van der Waals surface area (Å²) in [7, 11) is -0.694. The number of hydrogen-bond acceptors (Lipinski definition) is 1. The Hall–Kier alpha value is -0.243. The molecular formula is C11H24OSi. The molecule has 78 valence electrons. The van der Waals surface area contributed by atoms with E-state index in [-0.39, 0.29) is 0 Å².